The molecule has 0 aromatic heterocycles. The zero-order valence-corrected chi connectivity index (χ0v) is 12.6. The van der Waals surface area contributed by atoms with Gasteiger partial charge in [0.2, 0.25) is 0 Å². The number of hydrogen-bond acceptors (Lipinski definition) is 1. The van der Waals surface area contributed by atoms with E-state index < -0.39 is 0 Å². The van der Waals surface area contributed by atoms with Crippen LogP contribution < -0.4 is 0 Å². The highest BCUT2D eigenvalue weighted by Gasteiger charge is 2.03. The average molecular weight is 255 g/mol. The van der Waals surface area contributed by atoms with E-state index >= 15 is 0 Å². The highest BCUT2D eigenvalue weighted by Crippen LogP contribution is 2.28. The molecule has 0 aliphatic rings. The Bertz CT molecular complexity index is 438. The summed E-state index contributed by atoms with van der Waals surface area (Å²) in [6, 6.07) is 15.7. The molecule has 1 nitrogen and oxygen atoms in total. The van der Waals surface area contributed by atoms with Gasteiger partial charge in [-0.3, -0.25) is 0 Å². The summed E-state index contributed by atoms with van der Waals surface area (Å²) < 4.78 is 0. The van der Waals surface area contributed by atoms with Crippen molar-refractivity contribution < 1.29 is 5.11 Å². The average Bonchev–Trinajstić information content (AvgIpc) is 2.47. The first-order valence-electron chi connectivity index (χ1n) is 6.63. The lowest BCUT2D eigenvalue weighted by atomic mass is 10.0. The van der Waals surface area contributed by atoms with Gasteiger partial charge >= 0.3 is 0 Å². The monoisotopic (exact) mass is 255 g/mol. The second-order valence-corrected chi connectivity index (χ2v) is 3.32. The van der Waals surface area contributed by atoms with Gasteiger partial charge in [0.25, 0.3) is 0 Å². The normalized spacial score (nSPS) is 8.05. The highest BCUT2D eigenvalue weighted by atomic mass is 16.3. The Labute approximate surface area is 119 Å². The summed E-state index contributed by atoms with van der Waals surface area (Å²) in [5.74, 6) is 0.353. The Morgan fingerprint density at radius 3 is 1.79 bits per heavy atom. The molecular weight excluding hydrogens is 231 g/mol. The molecule has 0 unspecified atom stereocenters. The second kappa shape index (κ2) is 11.4. The quantitative estimate of drug-likeness (QED) is 0.708. The molecular formula is C17H24BO. The number of rotatable bonds is 1. The van der Waals surface area contributed by atoms with Crippen molar-refractivity contribution in [2.45, 2.75) is 34.6 Å². The van der Waals surface area contributed by atoms with Crippen LogP contribution in [0.5, 0.6) is 5.75 Å². The van der Waals surface area contributed by atoms with Crippen molar-refractivity contribution in [3.05, 3.63) is 54.1 Å². The minimum atomic E-state index is 0. The SMILES string of the molecule is CC.CC.Cc1c(O)cccc1-c1ccccc1.[B]. The molecule has 19 heavy (non-hydrogen) atoms. The number of benzene rings is 2. The van der Waals surface area contributed by atoms with Gasteiger partial charge in [-0.2, -0.15) is 0 Å². The Morgan fingerprint density at radius 2 is 1.26 bits per heavy atom. The molecule has 2 aromatic carbocycles. The summed E-state index contributed by atoms with van der Waals surface area (Å²) in [6.45, 7) is 9.93. The van der Waals surface area contributed by atoms with Crippen molar-refractivity contribution >= 4 is 8.41 Å². The molecule has 0 heterocycles. The largest absolute Gasteiger partial charge is 0.508 e. The lowest BCUT2D eigenvalue weighted by molar-refractivity contribution is 0.471. The van der Waals surface area contributed by atoms with E-state index in [1.54, 1.807) is 6.07 Å². The molecule has 0 spiro atoms. The predicted octanol–water partition coefficient (Wildman–Crippen LogP) is 5.04. The smallest absolute Gasteiger partial charge is 0.119 e. The zero-order valence-electron chi connectivity index (χ0n) is 12.6. The first-order valence-corrected chi connectivity index (χ1v) is 6.63. The van der Waals surface area contributed by atoms with Crippen LogP contribution in [0.4, 0.5) is 0 Å². The van der Waals surface area contributed by atoms with E-state index in [1.165, 1.54) is 0 Å². The van der Waals surface area contributed by atoms with Crippen LogP contribution >= 0.6 is 0 Å². The van der Waals surface area contributed by atoms with Gasteiger partial charge in [-0.05, 0) is 29.7 Å². The van der Waals surface area contributed by atoms with Gasteiger partial charge in [0.05, 0.1) is 0 Å². The van der Waals surface area contributed by atoms with Gasteiger partial charge in [-0.25, -0.2) is 0 Å². The van der Waals surface area contributed by atoms with Gasteiger partial charge < -0.3 is 5.11 Å². The maximum Gasteiger partial charge on any atom is 0.119 e. The van der Waals surface area contributed by atoms with E-state index in [9.17, 15) is 5.11 Å². The molecule has 2 rings (SSSR count). The Morgan fingerprint density at radius 1 is 0.737 bits per heavy atom. The Hall–Kier alpha value is -1.70. The van der Waals surface area contributed by atoms with E-state index in [2.05, 4.69) is 0 Å². The van der Waals surface area contributed by atoms with Crippen LogP contribution in [0, 0.1) is 6.92 Å². The van der Waals surface area contributed by atoms with Crippen molar-refractivity contribution in [3.8, 4) is 16.9 Å². The molecule has 0 amide bonds. The standard InChI is InChI=1S/C13H12O.2C2H6.B/c1-10-12(8-5-9-13(10)14)11-6-3-2-4-7-11;2*1-2;/h2-9,14H,1H3;2*1-2H3;. The fourth-order valence-corrected chi connectivity index (χ4v) is 1.55. The fraction of sp³-hybridized carbons (Fsp3) is 0.294. The van der Waals surface area contributed by atoms with Gasteiger partial charge in [0.15, 0.2) is 0 Å². The maximum atomic E-state index is 9.56. The molecule has 0 aliphatic carbocycles. The van der Waals surface area contributed by atoms with E-state index in [0.29, 0.717) is 5.75 Å². The van der Waals surface area contributed by atoms with Gasteiger partial charge in [-0.1, -0.05) is 70.2 Å². The summed E-state index contributed by atoms with van der Waals surface area (Å²) in [5, 5.41) is 9.56. The summed E-state index contributed by atoms with van der Waals surface area (Å²) in [7, 11) is 0. The number of phenols is 1. The Kier molecular flexibility index (Phi) is 11.8. The first-order chi connectivity index (χ1) is 8.79. The van der Waals surface area contributed by atoms with E-state index in [1.807, 2.05) is 77.1 Å². The molecule has 2 heteroatoms. The van der Waals surface area contributed by atoms with Gasteiger partial charge in [-0.15, -0.1) is 0 Å². The molecule has 1 N–H and O–H groups in total. The minimum absolute atomic E-state index is 0. The molecule has 101 valence electrons. The van der Waals surface area contributed by atoms with Crippen LogP contribution in [0.25, 0.3) is 11.1 Å². The maximum absolute atomic E-state index is 9.56. The predicted molar refractivity (Wildman–Crippen MR) is 86.7 cm³/mol. The van der Waals surface area contributed by atoms with Crippen LogP contribution in [0.3, 0.4) is 0 Å². The summed E-state index contributed by atoms with van der Waals surface area (Å²) in [6.07, 6.45) is 0. The number of hydrogen-bond donors (Lipinski definition) is 1. The van der Waals surface area contributed by atoms with Gasteiger partial charge in [0.1, 0.15) is 5.75 Å². The van der Waals surface area contributed by atoms with E-state index in [0.717, 1.165) is 16.7 Å². The molecule has 0 aliphatic heterocycles. The van der Waals surface area contributed by atoms with Gasteiger partial charge in [0, 0.05) is 8.41 Å². The third kappa shape index (κ3) is 5.65. The molecule has 2 aromatic rings. The third-order valence-corrected chi connectivity index (χ3v) is 2.39. The molecule has 0 fully saturated rings. The van der Waals surface area contributed by atoms with Crippen molar-refractivity contribution in [3.63, 3.8) is 0 Å². The van der Waals surface area contributed by atoms with Crippen LogP contribution in [-0.4, -0.2) is 13.5 Å². The second-order valence-electron chi connectivity index (χ2n) is 3.32. The van der Waals surface area contributed by atoms with Crippen LogP contribution in [0.1, 0.15) is 33.3 Å². The summed E-state index contributed by atoms with van der Waals surface area (Å²) in [5.41, 5.74) is 3.16. The highest BCUT2D eigenvalue weighted by molar-refractivity contribution is 5.75. The molecule has 0 bridgehead atoms. The van der Waals surface area contributed by atoms with Crippen LogP contribution in [0.2, 0.25) is 0 Å². The molecule has 0 saturated carbocycles. The topological polar surface area (TPSA) is 20.2 Å². The fourth-order valence-electron chi connectivity index (χ4n) is 1.55. The van der Waals surface area contributed by atoms with Crippen molar-refractivity contribution in [1.29, 1.82) is 0 Å². The third-order valence-electron chi connectivity index (χ3n) is 2.39. The minimum Gasteiger partial charge on any atom is -0.508 e. The molecule has 3 radical (unpaired) electrons. The lowest BCUT2D eigenvalue weighted by Crippen LogP contribution is -1.82. The number of aromatic hydroxyl groups is 1. The molecule has 0 atom stereocenters. The summed E-state index contributed by atoms with van der Waals surface area (Å²) in [4.78, 5) is 0. The van der Waals surface area contributed by atoms with E-state index in [4.69, 9.17) is 0 Å². The van der Waals surface area contributed by atoms with Crippen molar-refractivity contribution in [1.82, 2.24) is 0 Å². The zero-order chi connectivity index (χ0) is 14.0. The van der Waals surface area contributed by atoms with Crippen molar-refractivity contribution in [2.75, 3.05) is 0 Å². The van der Waals surface area contributed by atoms with Crippen LogP contribution in [-0.2, 0) is 0 Å². The first kappa shape index (κ1) is 19.6. The van der Waals surface area contributed by atoms with E-state index in [-0.39, 0.29) is 8.41 Å². The van der Waals surface area contributed by atoms with Crippen molar-refractivity contribution in [2.24, 2.45) is 0 Å². The molecule has 0 saturated heterocycles. The number of phenolic OH excluding ortho intramolecular Hbond substituents is 1. The summed E-state index contributed by atoms with van der Waals surface area (Å²) >= 11 is 0. The lowest BCUT2D eigenvalue weighted by Gasteiger charge is -2.06. The Balaban J connectivity index is 0. The van der Waals surface area contributed by atoms with Crippen LogP contribution in [0.15, 0.2) is 48.5 Å².